The third-order valence-corrected chi connectivity index (χ3v) is 4.71. The van der Waals surface area contributed by atoms with E-state index >= 15 is 0 Å². The second kappa shape index (κ2) is 5.55. The molecule has 6 nitrogen and oxygen atoms in total. The van der Waals surface area contributed by atoms with Gasteiger partial charge in [0, 0.05) is 32.3 Å². The Labute approximate surface area is 128 Å². The van der Waals surface area contributed by atoms with Gasteiger partial charge < -0.3 is 9.47 Å². The number of likely N-dealkylation sites (tertiary alicyclic amines) is 1. The van der Waals surface area contributed by atoms with Crippen LogP contribution in [0.25, 0.3) is 0 Å². The highest BCUT2D eigenvalue weighted by molar-refractivity contribution is 7.08. The van der Waals surface area contributed by atoms with Crippen LogP contribution in [0.5, 0.6) is 0 Å². The Morgan fingerprint density at radius 2 is 2.33 bits per heavy atom. The summed E-state index contributed by atoms with van der Waals surface area (Å²) in [5.74, 6) is 1.45. The molecule has 0 bridgehead atoms. The van der Waals surface area contributed by atoms with Crippen molar-refractivity contribution in [1.29, 1.82) is 0 Å². The van der Waals surface area contributed by atoms with Gasteiger partial charge >= 0.3 is 0 Å². The Kier molecular flexibility index (Phi) is 3.75. The fourth-order valence-electron chi connectivity index (χ4n) is 2.92. The van der Waals surface area contributed by atoms with Gasteiger partial charge in [0.2, 0.25) is 0 Å². The van der Waals surface area contributed by atoms with E-state index in [1.165, 1.54) is 11.5 Å². The molecule has 3 rings (SSSR count). The van der Waals surface area contributed by atoms with Crippen molar-refractivity contribution in [2.24, 2.45) is 7.05 Å². The van der Waals surface area contributed by atoms with E-state index in [1.54, 1.807) is 0 Å². The molecular formula is C14H19N5OS. The summed E-state index contributed by atoms with van der Waals surface area (Å²) >= 11 is 1.20. The van der Waals surface area contributed by atoms with Gasteiger partial charge in [-0.2, -0.15) is 0 Å². The van der Waals surface area contributed by atoms with Crippen molar-refractivity contribution in [3.63, 3.8) is 0 Å². The lowest BCUT2D eigenvalue weighted by molar-refractivity contribution is 0.0794. The van der Waals surface area contributed by atoms with E-state index in [0.717, 1.165) is 43.1 Å². The fourth-order valence-corrected chi connectivity index (χ4v) is 3.63. The van der Waals surface area contributed by atoms with E-state index in [2.05, 4.69) is 19.1 Å². The molecule has 3 heterocycles. The molecule has 0 spiro atoms. The molecular weight excluding hydrogens is 286 g/mol. The van der Waals surface area contributed by atoms with E-state index in [4.69, 9.17) is 0 Å². The third-order valence-electron chi connectivity index (χ3n) is 3.96. The highest BCUT2D eigenvalue weighted by Crippen LogP contribution is 2.28. The Hall–Kier alpha value is -1.76. The number of carbonyl (C=O) groups excluding carboxylic acids is 1. The molecule has 0 saturated carbocycles. The van der Waals surface area contributed by atoms with Gasteiger partial charge in [-0.25, -0.2) is 4.98 Å². The average molecular weight is 305 g/mol. The topological polar surface area (TPSA) is 63.9 Å². The van der Waals surface area contributed by atoms with Crippen LogP contribution in [0.3, 0.4) is 0 Å². The molecule has 2 aromatic rings. The van der Waals surface area contributed by atoms with Gasteiger partial charge in [0.15, 0.2) is 0 Å². The zero-order valence-corrected chi connectivity index (χ0v) is 13.4. The maximum Gasteiger partial charge on any atom is 0.267 e. The highest BCUT2D eigenvalue weighted by Gasteiger charge is 2.32. The molecule has 1 aliphatic heterocycles. The van der Waals surface area contributed by atoms with Gasteiger partial charge in [0.25, 0.3) is 5.91 Å². The minimum absolute atomic E-state index is 0.0651. The number of imidazole rings is 1. The summed E-state index contributed by atoms with van der Waals surface area (Å²) in [7, 11) is 2.02. The second-order valence-electron chi connectivity index (χ2n) is 5.49. The van der Waals surface area contributed by atoms with Crippen molar-refractivity contribution in [2.45, 2.75) is 32.6 Å². The number of rotatable bonds is 3. The molecule has 1 unspecified atom stereocenters. The van der Waals surface area contributed by atoms with Crippen LogP contribution in [-0.4, -0.2) is 43.0 Å². The minimum Gasteiger partial charge on any atom is -0.337 e. The van der Waals surface area contributed by atoms with Crippen LogP contribution in [0.2, 0.25) is 0 Å². The Balaban J connectivity index is 1.75. The van der Waals surface area contributed by atoms with Crippen LogP contribution >= 0.6 is 11.5 Å². The molecule has 1 saturated heterocycles. The summed E-state index contributed by atoms with van der Waals surface area (Å²) in [5, 5.41) is 4.03. The van der Waals surface area contributed by atoms with Gasteiger partial charge in [-0.1, -0.05) is 11.4 Å². The number of aryl methyl sites for hydroxylation is 3. The number of nitrogens with zero attached hydrogens (tertiary/aromatic N) is 5. The fraction of sp³-hybridized carbons (Fsp3) is 0.571. The largest absolute Gasteiger partial charge is 0.337 e. The maximum absolute atomic E-state index is 12.6. The first-order valence-electron chi connectivity index (χ1n) is 7.20. The Morgan fingerprint density at radius 3 is 3.00 bits per heavy atom. The van der Waals surface area contributed by atoms with Gasteiger partial charge in [0.05, 0.1) is 11.4 Å². The zero-order valence-electron chi connectivity index (χ0n) is 12.5. The van der Waals surface area contributed by atoms with Gasteiger partial charge in [-0.15, -0.1) is 5.10 Å². The third kappa shape index (κ3) is 2.57. The van der Waals surface area contributed by atoms with Crippen LogP contribution in [0.4, 0.5) is 0 Å². The van der Waals surface area contributed by atoms with Crippen molar-refractivity contribution in [2.75, 3.05) is 13.1 Å². The normalized spacial score (nSPS) is 18.4. The SMILES string of the molecule is CCc1nnsc1C(=O)N1CCC(c2nc(C)cn2C)C1. The number of amides is 1. The van der Waals surface area contributed by atoms with Crippen molar-refractivity contribution >= 4 is 17.4 Å². The molecule has 21 heavy (non-hydrogen) atoms. The van der Waals surface area contributed by atoms with E-state index < -0.39 is 0 Å². The number of hydrogen-bond acceptors (Lipinski definition) is 5. The lowest BCUT2D eigenvalue weighted by Gasteiger charge is -2.15. The van der Waals surface area contributed by atoms with Crippen LogP contribution in [0.1, 0.15) is 46.1 Å². The first kappa shape index (κ1) is 14.2. The van der Waals surface area contributed by atoms with Crippen LogP contribution in [-0.2, 0) is 13.5 Å². The van der Waals surface area contributed by atoms with Crippen molar-refractivity contribution in [3.05, 3.63) is 28.3 Å². The number of hydrogen-bond donors (Lipinski definition) is 0. The van der Waals surface area contributed by atoms with Gasteiger partial charge in [-0.3, -0.25) is 4.79 Å². The average Bonchev–Trinajstić information content (AvgIpc) is 3.16. The van der Waals surface area contributed by atoms with Crippen molar-refractivity contribution in [3.8, 4) is 0 Å². The summed E-state index contributed by atoms with van der Waals surface area (Å²) in [6.45, 7) is 5.50. The predicted octanol–water partition coefficient (Wildman–Crippen LogP) is 1.77. The van der Waals surface area contributed by atoms with E-state index in [1.807, 2.05) is 32.0 Å². The molecule has 0 aliphatic carbocycles. The van der Waals surface area contributed by atoms with E-state index in [9.17, 15) is 4.79 Å². The smallest absolute Gasteiger partial charge is 0.267 e. The van der Waals surface area contributed by atoms with Crippen LogP contribution < -0.4 is 0 Å². The lowest BCUT2D eigenvalue weighted by atomic mass is 10.1. The first-order chi connectivity index (χ1) is 10.1. The molecule has 1 amide bonds. The number of carbonyl (C=O) groups is 1. The summed E-state index contributed by atoms with van der Waals surface area (Å²) < 4.78 is 5.98. The van der Waals surface area contributed by atoms with E-state index in [0.29, 0.717) is 10.8 Å². The molecule has 0 N–H and O–H groups in total. The van der Waals surface area contributed by atoms with Crippen LogP contribution in [0, 0.1) is 6.92 Å². The van der Waals surface area contributed by atoms with Gasteiger partial charge in [0.1, 0.15) is 10.7 Å². The molecule has 1 aliphatic rings. The van der Waals surface area contributed by atoms with Crippen molar-refractivity contribution in [1.82, 2.24) is 24.0 Å². The summed E-state index contributed by atoms with van der Waals surface area (Å²) in [4.78, 5) is 19.8. The quantitative estimate of drug-likeness (QED) is 0.867. The van der Waals surface area contributed by atoms with Crippen molar-refractivity contribution < 1.29 is 4.79 Å². The second-order valence-corrected chi connectivity index (χ2v) is 6.24. The van der Waals surface area contributed by atoms with Gasteiger partial charge in [-0.05, 0) is 31.3 Å². The predicted molar refractivity (Wildman–Crippen MR) is 80.5 cm³/mol. The highest BCUT2D eigenvalue weighted by atomic mass is 32.1. The summed E-state index contributed by atoms with van der Waals surface area (Å²) in [6, 6.07) is 0. The minimum atomic E-state index is 0.0651. The Morgan fingerprint density at radius 1 is 1.52 bits per heavy atom. The molecule has 1 fully saturated rings. The molecule has 7 heteroatoms. The summed E-state index contributed by atoms with van der Waals surface area (Å²) in [6.07, 6.45) is 3.74. The van der Waals surface area contributed by atoms with Crippen LogP contribution in [0.15, 0.2) is 6.20 Å². The zero-order chi connectivity index (χ0) is 15.0. The molecule has 2 aromatic heterocycles. The molecule has 1 atom stereocenters. The molecule has 0 radical (unpaired) electrons. The first-order valence-corrected chi connectivity index (χ1v) is 7.97. The van der Waals surface area contributed by atoms with E-state index in [-0.39, 0.29) is 5.91 Å². The molecule has 0 aromatic carbocycles. The monoisotopic (exact) mass is 305 g/mol. The standard InChI is InChI=1S/C14H19N5OS/c1-4-11-12(21-17-16-11)14(20)19-6-5-10(8-19)13-15-9(2)7-18(13)3/h7,10H,4-6,8H2,1-3H3. The lowest BCUT2D eigenvalue weighted by Crippen LogP contribution is -2.28. The maximum atomic E-state index is 12.6. The summed E-state index contributed by atoms with van der Waals surface area (Å²) in [5.41, 5.74) is 1.83. The number of aromatic nitrogens is 4. The molecule has 112 valence electrons. The Bertz CT molecular complexity index is 662.